The number of nitrogens with zero attached hydrogens (tertiary/aromatic N) is 2. The molecule has 0 amide bonds. The molecule has 0 spiro atoms. The Labute approximate surface area is 101 Å². The third-order valence-corrected chi connectivity index (χ3v) is 3.28. The van der Waals surface area contributed by atoms with Crippen LogP contribution in [0.25, 0.3) is 0 Å². The lowest BCUT2D eigenvalue weighted by molar-refractivity contribution is -0.169. The average molecular weight is 240 g/mol. The highest BCUT2D eigenvalue weighted by molar-refractivity contribution is 5.10. The highest BCUT2D eigenvalue weighted by atomic mass is 16.5. The Bertz CT molecular complexity index is 353. The van der Waals surface area contributed by atoms with E-state index < -0.39 is 11.7 Å². The molecule has 0 radical (unpaired) electrons. The molecule has 5 nitrogen and oxygen atoms in total. The first-order chi connectivity index (χ1) is 8.18. The second-order valence-corrected chi connectivity index (χ2v) is 4.43. The molecular formula is C12H20N2O3. The molecule has 5 heteroatoms. The first-order valence-electron chi connectivity index (χ1n) is 6.07. The van der Waals surface area contributed by atoms with Crippen LogP contribution in [0.5, 0.6) is 0 Å². The van der Waals surface area contributed by atoms with Crippen LogP contribution in [-0.2, 0) is 16.5 Å². The summed E-state index contributed by atoms with van der Waals surface area (Å²) in [5.74, 6) is 0. The molecule has 1 aliphatic rings. The number of aliphatic hydroxyl groups excluding tert-OH is 1. The highest BCUT2D eigenvalue weighted by Crippen LogP contribution is 2.37. The van der Waals surface area contributed by atoms with Crippen molar-refractivity contribution in [3.63, 3.8) is 0 Å². The first kappa shape index (κ1) is 12.5. The summed E-state index contributed by atoms with van der Waals surface area (Å²) in [4.78, 5) is 0. The zero-order valence-electron chi connectivity index (χ0n) is 10.4. The van der Waals surface area contributed by atoms with Crippen LogP contribution < -0.4 is 0 Å². The fourth-order valence-electron chi connectivity index (χ4n) is 2.35. The van der Waals surface area contributed by atoms with E-state index in [-0.39, 0.29) is 0 Å². The topological polar surface area (TPSA) is 56.5 Å². The van der Waals surface area contributed by atoms with Crippen molar-refractivity contribution in [2.45, 2.75) is 31.5 Å². The summed E-state index contributed by atoms with van der Waals surface area (Å²) in [6.07, 6.45) is 2.56. The van der Waals surface area contributed by atoms with E-state index in [0.717, 1.165) is 0 Å². The van der Waals surface area contributed by atoms with Crippen LogP contribution in [0.3, 0.4) is 0 Å². The number of ether oxygens (including phenoxy) is 2. The summed E-state index contributed by atoms with van der Waals surface area (Å²) in [7, 11) is 1.84. The van der Waals surface area contributed by atoms with E-state index in [9.17, 15) is 5.11 Å². The van der Waals surface area contributed by atoms with Crippen LogP contribution in [0.15, 0.2) is 12.3 Å². The molecule has 0 saturated carbocycles. The minimum Gasteiger partial charge on any atom is -0.384 e. The molecule has 1 atom stereocenters. The Kier molecular flexibility index (Phi) is 3.81. The number of rotatable bonds is 4. The third-order valence-electron chi connectivity index (χ3n) is 3.28. The van der Waals surface area contributed by atoms with Gasteiger partial charge in [-0.15, -0.1) is 0 Å². The van der Waals surface area contributed by atoms with Gasteiger partial charge in [0.2, 0.25) is 0 Å². The zero-order valence-corrected chi connectivity index (χ0v) is 10.4. The monoisotopic (exact) mass is 240 g/mol. The molecule has 2 heterocycles. The lowest BCUT2D eigenvalue weighted by atomic mass is 9.86. The number of aromatic nitrogens is 2. The standard InChI is InChI=1S/C12H20N2O3/c1-3-17-12(5-8-16-9-6-12)11(15)10-4-7-14(2)13-10/h4,7,11,15H,3,5-6,8-9H2,1-2H3. The van der Waals surface area contributed by atoms with Crippen molar-refractivity contribution in [2.24, 2.45) is 7.05 Å². The van der Waals surface area contributed by atoms with E-state index in [4.69, 9.17) is 9.47 Å². The molecule has 1 unspecified atom stereocenters. The maximum Gasteiger partial charge on any atom is 0.127 e. The maximum absolute atomic E-state index is 10.5. The van der Waals surface area contributed by atoms with Crippen LogP contribution in [-0.4, -0.2) is 40.3 Å². The summed E-state index contributed by atoms with van der Waals surface area (Å²) in [6.45, 7) is 3.79. The SMILES string of the molecule is CCOC1(C(O)c2ccn(C)n2)CCOCC1. The molecule has 0 aromatic carbocycles. The van der Waals surface area contributed by atoms with E-state index in [1.807, 2.05) is 26.2 Å². The predicted octanol–water partition coefficient (Wildman–Crippen LogP) is 1.04. The van der Waals surface area contributed by atoms with Crippen molar-refractivity contribution in [1.29, 1.82) is 0 Å². The summed E-state index contributed by atoms with van der Waals surface area (Å²) in [5.41, 5.74) is 0.129. The van der Waals surface area contributed by atoms with Gasteiger partial charge in [-0.25, -0.2) is 0 Å². The van der Waals surface area contributed by atoms with Crippen LogP contribution in [0.4, 0.5) is 0 Å². The Morgan fingerprint density at radius 2 is 2.29 bits per heavy atom. The molecule has 1 aromatic heterocycles. The average Bonchev–Trinajstić information content (AvgIpc) is 2.76. The number of aryl methyl sites for hydroxylation is 1. The molecule has 0 bridgehead atoms. The van der Waals surface area contributed by atoms with Crippen molar-refractivity contribution in [3.8, 4) is 0 Å². The van der Waals surface area contributed by atoms with Crippen molar-refractivity contribution in [1.82, 2.24) is 9.78 Å². The number of aliphatic hydroxyl groups is 1. The Morgan fingerprint density at radius 1 is 1.59 bits per heavy atom. The number of hydrogen-bond donors (Lipinski definition) is 1. The van der Waals surface area contributed by atoms with E-state index >= 15 is 0 Å². The van der Waals surface area contributed by atoms with Gasteiger partial charge in [0, 0.05) is 45.9 Å². The predicted molar refractivity (Wildman–Crippen MR) is 62.6 cm³/mol. The first-order valence-corrected chi connectivity index (χ1v) is 6.07. The van der Waals surface area contributed by atoms with Gasteiger partial charge in [0.05, 0.1) is 5.69 Å². The van der Waals surface area contributed by atoms with Gasteiger partial charge in [-0.1, -0.05) is 0 Å². The minimum atomic E-state index is -0.687. The van der Waals surface area contributed by atoms with Crippen LogP contribution in [0.1, 0.15) is 31.6 Å². The van der Waals surface area contributed by atoms with Gasteiger partial charge < -0.3 is 14.6 Å². The summed E-state index contributed by atoms with van der Waals surface area (Å²) < 4.78 is 12.9. The fraction of sp³-hybridized carbons (Fsp3) is 0.750. The molecular weight excluding hydrogens is 220 g/mol. The second-order valence-electron chi connectivity index (χ2n) is 4.43. The largest absolute Gasteiger partial charge is 0.384 e. The van der Waals surface area contributed by atoms with E-state index in [1.54, 1.807) is 4.68 Å². The quantitative estimate of drug-likeness (QED) is 0.854. The third kappa shape index (κ3) is 2.51. The highest BCUT2D eigenvalue weighted by Gasteiger charge is 2.42. The van der Waals surface area contributed by atoms with Crippen molar-refractivity contribution < 1.29 is 14.6 Å². The van der Waals surface area contributed by atoms with Gasteiger partial charge >= 0.3 is 0 Å². The lowest BCUT2D eigenvalue weighted by Crippen LogP contribution is -2.44. The van der Waals surface area contributed by atoms with Gasteiger partial charge in [0.15, 0.2) is 0 Å². The van der Waals surface area contributed by atoms with Gasteiger partial charge in [0.25, 0.3) is 0 Å². The zero-order chi connectivity index (χ0) is 12.3. The molecule has 1 saturated heterocycles. The molecule has 1 aliphatic heterocycles. The lowest BCUT2D eigenvalue weighted by Gasteiger charge is -2.39. The van der Waals surface area contributed by atoms with Gasteiger partial charge in [-0.2, -0.15) is 5.10 Å². The molecule has 1 fully saturated rings. The summed E-state index contributed by atoms with van der Waals surface area (Å²) in [5, 5.41) is 14.7. The molecule has 1 aromatic rings. The molecule has 96 valence electrons. The Balaban J connectivity index is 2.20. The maximum atomic E-state index is 10.5. The van der Waals surface area contributed by atoms with Gasteiger partial charge in [-0.3, -0.25) is 4.68 Å². The fourth-order valence-corrected chi connectivity index (χ4v) is 2.35. The van der Waals surface area contributed by atoms with E-state index in [1.165, 1.54) is 0 Å². The second kappa shape index (κ2) is 5.16. The smallest absolute Gasteiger partial charge is 0.127 e. The van der Waals surface area contributed by atoms with Crippen LogP contribution in [0.2, 0.25) is 0 Å². The number of hydrogen-bond acceptors (Lipinski definition) is 4. The summed E-state index contributed by atoms with van der Waals surface area (Å²) in [6, 6.07) is 1.83. The van der Waals surface area contributed by atoms with Crippen LogP contribution in [0, 0.1) is 0 Å². The van der Waals surface area contributed by atoms with E-state index in [0.29, 0.717) is 38.4 Å². The van der Waals surface area contributed by atoms with Crippen molar-refractivity contribution in [2.75, 3.05) is 19.8 Å². The normalized spacial score (nSPS) is 21.4. The molecule has 2 rings (SSSR count). The molecule has 0 aliphatic carbocycles. The van der Waals surface area contributed by atoms with Crippen molar-refractivity contribution in [3.05, 3.63) is 18.0 Å². The molecule has 17 heavy (non-hydrogen) atoms. The van der Waals surface area contributed by atoms with Gasteiger partial charge in [0.1, 0.15) is 11.7 Å². The Hall–Kier alpha value is -0.910. The van der Waals surface area contributed by atoms with E-state index in [2.05, 4.69) is 5.10 Å². The summed E-state index contributed by atoms with van der Waals surface area (Å²) >= 11 is 0. The van der Waals surface area contributed by atoms with Crippen molar-refractivity contribution >= 4 is 0 Å². The van der Waals surface area contributed by atoms with Crippen LogP contribution >= 0.6 is 0 Å². The van der Waals surface area contributed by atoms with Gasteiger partial charge in [-0.05, 0) is 13.0 Å². The minimum absolute atomic E-state index is 0.540. The Morgan fingerprint density at radius 3 is 2.82 bits per heavy atom. The molecule has 1 N–H and O–H groups in total.